The van der Waals surface area contributed by atoms with Gasteiger partial charge in [0.25, 0.3) is 5.89 Å². The first-order valence-corrected chi connectivity index (χ1v) is 6.94. The van der Waals surface area contributed by atoms with Crippen LogP contribution in [-0.4, -0.2) is 15.1 Å². The van der Waals surface area contributed by atoms with Crippen LogP contribution in [0.2, 0.25) is 0 Å². The van der Waals surface area contributed by atoms with Crippen molar-refractivity contribution >= 4 is 5.69 Å². The van der Waals surface area contributed by atoms with Crippen LogP contribution >= 0.6 is 0 Å². The number of hydrogen-bond donors (Lipinski definition) is 0. The van der Waals surface area contributed by atoms with Crippen molar-refractivity contribution in [1.82, 2.24) is 10.1 Å². The molecule has 1 heterocycles. The Morgan fingerprint density at radius 2 is 1.83 bits per heavy atom. The van der Waals surface area contributed by atoms with Gasteiger partial charge in [-0.2, -0.15) is 4.98 Å². The number of hydrogen-bond acceptors (Lipinski definition) is 6. The van der Waals surface area contributed by atoms with Crippen molar-refractivity contribution in [1.29, 1.82) is 0 Å². The van der Waals surface area contributed by atoms with Crippen LogP contribution in [0.4, 0.5) is 5.69 Å². The SMILES string of the molecule is O=[N+]([O-])c1ccccc1OCc1nc(Cc2ccccc2)no1. The summed E-state index contributed by atoms with van der Waals surface area (Å²) in [6.07, 6.45) is 0.551. The van der Waals surface area contributed by atoms with E-state index in [2.05, 4.69) is 10.1 Å². The molecule has 23 heavy (non-hydrogen) atoms. The quantitative estimate of drug-likeness (QED) is 0.513. The first-order valence-electron chi connectivity index (χ1n) is 6.94. The van der Waals surface area contributed by atoms with Crippen molar-refractivity contribution in [2.75, 3.05) is 0 Å². The summed E-state index contributed by atoms with van der Waals surface area (Å²) in [6, 6.07) is 15.9. The number of aromatic nitrogens is 2. The van der Waals surface area contributed by atoms with Crippen LogP contribution < -0.4 is 4.74 Å². The molecule has 0 spiro atoms. The van der Waals surface area contributed by atoms with Crippen molar-refractivity contribution < 1.29 is 14.2 Å². The zero-order valence-corrected chi connectivity index (χ0v) is 12.1. The third kappa shape index (κ3) is 3.70. The first-order chi connectivity index (χ1) is 11.2. The Morgan fingerprint density at radius 1 is 1.09 bits per heavy atom. The van der Waals surface area contributed by atoms with Gasteiger partial charge >= 0.3 is 5.69 Å². The fourth-order valence-corrected chi connectivity index (χ4v) is 2.07. The summed E-state index contributed by atoms with van der Waals surface area (Å²) in [7, 11) is 0. The third-order valence-electron chi connectivity index (χ3n) is 3.13. The highest BCUT2D eigenvalue weighted by Gasteiger charge is 2.15. The molecule has 7 heteroatoms. The highest BCUT2D eigenvalue weighted by atomic mass is 16.6. The van der Waals surface area contributed by atoms with Crippen molar-refractivity contribution in [2.45, 2.75) is 13.0 Å². The predicted molar refractivity (Wildman–Crippen MR) is 81.0 cm³/mol. The number of nitrogens with zero attached hydrogens (tertiary/aromatic N) is 3. The maximum Gasteiger partial charge on any atom is 0.310 e. The Balaban J connectivity index is 1.65. The zero-order valence-electron chi connectivity index (χ0n) is 12.1. The van der Waals surface area contributed by atoms with E-state index in [1.807, 2.05) is 30.3 Å². The van der Waals surface area contributed by atoms with Crippen molar-refractivity contribution in [2.24, 2.45) is 0 Å². The summed E-state index contributed by atoms with van der Waals surface area (Å²) >= 11 is 0. The summed E-state index contributed by atoms with van der Waals surface area (Å²) in [5.41, 5.74) is 0.969. The van der Waals surface area contributed by atoms with E-state index < -0.39 is 4.92 Å². The van der Waals surface area contributed by atoms with Gasteiger partial charge in [-0.05, 0) is 11.6 Å². The van der Waals surface area contributed by atoms with Crippen LogP contribution in [0, 0.1) is 10.1 Å². The summed E-state index contributed by atoms with van der Waals surface area (Å²) in [5, 5.41) is 14.8. The minimum absolute atomic E-state index is 0.0212. The molecule has 0 saturated carbocycles. The zero-order chi connectivity index (χ0) is 16.1. The summed E-state index contributed by atoms with van der Waals surface area (Å²) in [5.74, 6) is 0.978. The fraction of sp³-hybridized carbons (Fsp3) is 0.125. The number of rotatable bonds is 6. The largest absolute Gasteiger partial charge is 0.477 e. The first kappa shape index (κ1) is 14.7. The highest BCUT2D eigenvalue weighted by molar-refractivity contribution is 5.45. The predicted octanol–water partition coefficient (Wildman–Crippen LogP) is 3.15. The van der Waals surface area contributed by atoms with E-state index >= 15 is 0 Å². The van der Waals surface area contributed by atoms with Crippen molar-refractivity contribution in [3.05, 3.63) is 82.0 Å². The summed E-state index contributed by atoms with van der Waals surface area (Å²) in [4.78, 5) is 14.6. The third-order valence-corrected chi connectivity index (χ3v) is 3.13. The standard InChI is InChI=1S/C16H13N3O4/c20-19(21)13-8-4-5-9-14(13)22-11-16-17-15(18-23-16)10-12-6-2-1-3-7-12/h1-9H,10-11H2. The molecule has 0 aliphatic carbocycles. The van der Waals surface area contributed by atoms with E-state index in [1.54, 1.807) is 12.1 Å². The van der Waals surface area contributed by atoms with E-state index in [0.717, 1.165) is 5.56 Å². The number of para-hydroxylation sites is 2. The summed E-state index contributed by atoms with van der Waals surface area (Å²) < 4.78 is 10.5. The van der Waals surface area contributed by atoms with Gasteiger partial charge < -0.3 is 9.26 Å². The average Bonchev–Trinajstić information content (AvgIpc) is 3.01. The Morgan fingerprint density at radius 3 is 2.61 bits per heavy atom. The van der Waals surface area contributed by atoms with Crippen LogP contribution in [0.15, 0.2) is 59.1 Å². The number of nitro benzene ring substituents is 1. The van der Waals surface area contributed by atoms with Gasteiger partial charge in [0.1, 0.15) is 0 Å². The Hall–Kier alpha value is -3.22. The molecule has 3 aromatic rings. The molecule has 0 atom stereocenters. The molecular formula is C16H13N3O4. The van der Waals surface area contributed by atoms with Crippen LogP contribution in [0.3, 0.4) is 0 Å². The van der Waals surface area contributed by atoms with Gasteiger partial charge in [-0.15, -0.1) is 0 Å². The second-order valence-electron chi connectivity index (χ2n) is 4.78. The smallest absolute Gasteiger partial charge is 0.310 e. The Kier molecular flexibility index (Phi) is 4.28. The van der Waals surface area contributed by atoms with Gasteiger partial charge in [0.05, 0.1) is 4.92 Å². The van der Waals surface area contributed by atoms with Gasteiger partial charge in [-0.25, -0.2) is 0 Å². The highest BCUT2D eigenvalue weighted by Crippen LogP contribution is 2.26. The molecular weight excluding hydrogens is 298 g/mol. The lowest BCUT2D eigenvalue weighted by Crippen LogP contribution is -1.99. The molecule has 0 amide bonds. The Labute approximate surface area is 131 Å². The van der Waals surface area contributed by atoms with E-state index in [4.69, 9.17) is 9.26 Å². The van der Waals surface area contributed by atoms with Crippen LogP contribution in [-0.2, 0) is 13.0 Å². The molecule has 0 fully saturated rings. The molecule has 116 valence electrons. The van der Waals surface area contributed by atoms with Gasteiger partial charge in [-0.3, -0.25) is 10.1 Å². The minimum atomic E-state index is -0.496. The normalized spacial score (nSPS) is 10.4. The van der Waals surface area contributed by atoms with E-state index in [-0.39, 0.29) is 23.9 Å². The van der Waals surface area contributed by atoms with Crippen molar-refractivity contribution in [3.8, 4) is 5.75 Å². The molecule has 2 aromatic carbocycles. The van der Waals surface area contributed by atoms with Gasteiger partial charge in [-0.1, -0.05) is 47.6 Å². The van der Waals surface area contributed by atoms with Gasteiger partial charge in [0.15, 0.2) is 18.2 Å². The lowest BCUT2D eigenvalue weighted by atomic mass is 10.1. The van der Waals surface area contributed by atoms with E-state index in [1.165, 1.54) is 12.1 Å². The lowest BCUT2D eigenvalue weighted by molar-refractivity contribution is -0.386. The topological polar surface area (TPSA) is 91.3 Å². The molecule has 0 saturated heterocycles. The number of benzene rings is 2. The molecule has 1 aromatic heterocycles. The molecule has 0 radical (unpaired) electrons. The van der Waals surface area contributed by atoms with Crippen LogP contribution in [0.5, 0.6) is 5.75 Å². The summed E-state index contributed by atoms with van der Waals surface area (Å²) in [6.45, 7) is -0.0212. The lowest BCUT2D eigenvalue weighted by Gasteiger charge is -2.03. The number of nitro groups is 1. The number of ether oxygens (including phenoxy) is 1. The Bertz CT molecular complexity index is 802. The van der Waals surface area contributed by atoms with Crippen LogP contribution in [0.25, 0.3) is 0 Å². The van der Waals surface area contributed by atoms with Crippen LogP contribution in [0.1, 0.15) is 17.3 Å². The molecule has 0 bridgehead atoms. The second kappa shape index (κ2) is 6.69. The second-order valence-corrected chi connectivity index (χ2v) is 4.78. The molecule has 7 nitrogen and oxygen atoms in total. The molecule has 0 aliphatic rings. The van der Waals surface area contributed by atoms with E-state index in [0.29, 0.717) is 12.2 Å². The van der Waals surface area contributed by atoms with E-state index in [9.17, 15) is 10.1 Å². The fourth-order valence-electron chi connectivity index (χ4n) is 2.07. The maximum absolute atomic E-state index is 10.9. The van der Waals surface area contributed by atoms with Gasteiger partial charge in [0.2, 0.25) is 0 Å². The maximum atomic E-state index is 10.9. The van der Waals surface area contributed by atoms with Gasteiger partial charge in [0, 0.05) is 12.5 Å². The minimum Gasteiger partial charge on any atom is -0.477 e. The van der Waals surface area contributed by atoms with Crippen molar-refractivity contribution in [3.63, 3.8) is 0 Å². The average molecular weight is 311 g/mol. The molecule has 3 rings (SSSR count). The molecule has 0 aliphatic heterocycles. The molecule has 0 N–H and O–H groups in total. The molecule has 0 unspecified atom stereocenters. The monoisotopic (exact) mass is 311 g/mol.